The zero-order chi connectivity index (χ0) is 18.8. The number of aromatic amines is 1. The normalized spacial score (nSPS) is 11.3. The van der Waals surface area contributed by atoms with E-state index in [0.29, 0.717) is 0 Å². The standard InChI is InChI=1S/C19H16AsN4O2S/c1-24(13-4-6-14(26-2)7-5-13)19(25)20-12-3-8-15-16(9-12)23-18(22-15)17-10-27-11-21-17/h3-11H,1-2H3,(H,22,23). The Morgan fingerprint density at radius 3 is 2.74 bits per heavy atom. The van der Waals surface area contributed by atoms with Gasteiger partial charge in [-0.15, -0.1) is 0 Å². The second-order valence-electron chi connectivity index (χ2n) is 5.81. The summed E-state index contributed by atoms with van der Waals surface area (Å²) in [5, 5.41) is 1.96. The molecule has 0 unspecified atom stereocenters. The van der Waals surface area contributed by atoms with Crippen LogP contribution in [0.5, 0.6) is 5.75 Å². The van der Waals surface area contributed by atoms with E-state index in [1.807, 2.05) is 47.8 Å². The number of carbonyl (C=O) groups excluding carboxylic acids is 1. The zero-order valence-corrected chi connectivity index (χ0v) is 17.4. The molecule has 2 heterocycles. The molecule has 4 rings (SSSR count). The summed E-state index contributed by atoms with van der Waals surface area (Å²) in [5.74, 6) is 1.52. The average Bonchev–Trinajstić information content (AvgIpc) is 3.36. The van der Waals surface area contributed by atoms with Gasteiger partial charge in [0.15, 0.2) is 0 Å². The molecule has 0 aliphatic carbocycles. The molecule has 1 N–H and O–H groups in total. The van der Waals surface area contributed by atoms with Crippen LogP contribution in [0.25, 0.3) is 22.6 Å². The molecule has 135 valence electrons. The van der Waals surface area contributed by atoms with Crippen molar-refractivity contribution >= 4 is 52.9 Å². The van der Waals surface area contributed by atoms with Gasteiger partial charge in [-0.25, -0.2) is 0 Å². The maximum atomic E-state index is 12.7. The number of methoxy groups -OCH3 is 1. The minimum atomic E-state index is -0.662. The molecule has 27 heavy (non-hydrogen) atoms. The summed E-state index contributed by atoms with van der Waals surface area (Å²) in [4.78, 5) is 26.5. The van der Waals surface area contributed by atoms with Crippen molar-refractivity contribution in [3.8, 4) is 17.3 Å². The molecular weight excluding hydrogens is 423 g/mol. The summed E-state index contributed by atoms with van der Waals surface area (Å²) < 4.78 is 6.30. The summed E-state index contributed by atoms with van der Waals surface area (Å²) in [6.45, 7) is 0. The summed E-state index contributed by atoms with van der Waals surface area (Å²) in [6.07, 6.45) is 0. The molecule has 1 radical (unpaired) electrons. The fraction of sp³-hybridized carbons (Fsp3) is 0.105. The number of imidazole rings is 1. The van der Waals surface area contributed by atoms with Crippen molar-refractivity contribution in [2.24, 2.45) is 0 Å². The van der Waals surface area contributed by atoms with Gasteiger partial charge in [-0.2, -0.15) is 0 Å². The maximum absolute atomic E-state index is 12.7. The predicted molar refractivity (Wildman–Crippen MR) is 109 cm³/mol. The molecule has 0 bridgehead atoms. The molecule has 0 atom stereocenters. The van der Waals surface area contributed by atoms with Crippen LogP contribution in [-0.4, -0.2) is 49.6 Å². The molecule has 2 aromatic heterocycles. The van der Waals surface area contributed by atoms with Crippen molar-refractivity contribution in [3.63, 3.8) is 0 Å². The molecule has 8 heteroatoms. The van der Waals surface area contributed by atoms with E-state index in [0.717, 1.165) is 38.3 Å². The van der Waals surface area contributed by atoms with E-state index in [4.69, 9.17) is 4.74 Å². The summed E-state index contributed by atoms with van der Waals surface area (Å²) in [5.41, 5.74) is 5.27. The Bertz CT molecular complexity index is 1080. The topological polar surface area (TPSA) is 71.1 Å². The molecule has 2 aromatic carbocycles. The molecule has 0 aliphatic rings. The van der Waals surface area contributed by atoms with E-state index in [-0.39, 0.29) is 4.69 Å². The number of nitrogens with one attached hydrogen (secondary N) is 1. The number of H-pyrrole nitrogens is 1. The van der Waals surface area contributed by atoms with Gasteiger partial charge in [0.1, 0.15) is 0 Å². The molecule has 6 nitrogen and oxygen atoms in total. The van der Waals surface area contributed by atoms with Crippen molar-refractivity contribution in [1.82, 2.24) is 15.0 Å². The minimum absolute atomic E-state index is 0.106. The molecule has 0 fully saturated rings. The Morgan fingerprint density at radius 2 is 2.04 bits per heavy atom. The SMILES string of the molecule is COc1ccc(N(C)C(=O)[As]c2ccc3nc(-c4cscn4)[nH]c3c2)cc1. The predicted octanol–water partition coefficient (Wildman–Crippen LogP) is 3.28. The molecule has 0 aliphatic heterocycles. The number of anilines is 1. The number of benzene rings is 2. The van der Waals surface area contributed by atoms with E-state index in [1.54, 1.807) is 24.6 Å². The van der Waals surface area contributed by atoms with Crippen LogP contribution < -0.4 is 14.0 Å². The van der Waals surface area contributed by atoms with Gasteiger partial charge in [0.05, 0.1) is 0 Å². The van der Waals surface area contributed by atoms with Crippen LogP contribution in [0, 0.1) is 0 Å². The number of hydrogen-bond acceptors (Lipinski definition) is 5. The third-order valence-corrected chi connectivity index (χ3v) is 6.85. The fourth-order valence-corrected chi connectivity index (χ4v) is 4.90. The van der Waals surface area contributed by atoms with Gasteiger partial charge >= 0.3 is 167 Å². The Labute approximate surface area is 166 Å². The van der Waals surface area contributed by atoms with E-state index in [9.17, 15) is 4.79 Å². The first kappa shape index (κ1) is 17.8. The third-order valence-electron chi connectivity index (χ3n) is 4.11. The van der Waals surface area contributed by atoms with Gasteiger partial charge in [0, 0.05) is 0 Å². The van der Waals surface area contributed by atoms with Crippen molar-refractivity contribution in [2.45, 2.75) is 0 Å². The fourth-order valence-electron chi connectivity index (χ4n) is 2.62. The Morgan fingerprint density at radius 1 is 1.22 bits per heavy atom. The van der Waals surface area contributed by atoms with Crippen LogP contribution in [0.3, 0.4) is 0 Å². The molecule has 1 amide bonds. The first-order valence-corrected chi connectivity index (χ1v) is 11.0. The number of fused-ring (bicyclic) bond motifs is 1. The van der Waals surface area contributed by atoms with Gasteiger partial charge in [0.2, 0.25) is 0 Å². The van der Waals surface area contributed by atoms with Crippen molar-refractivity contribution in [3.05, 3.63) is 53.4 Å². The Balaban J connectivity index is 1.52. The van der Waals surface area contributed by atoms with Crippen LogP contribution in [-0.2, 0) is 0 Å². The summed E-state index contributed by atoms with van der Waals surface area (Å²) in [6, 6.07) is 13.4. The molecule has 0 spiro atoms. The summed E-state index contributed by atoms with van der Waals surface area (Å²) >= 11 is 0.872. The first-order chi connectivity index (χ1) is 13.1. The zero-order valence-electron chi connectivity index (χ0n) is 14.7. The molecule has 0 saturated carbocycles. The van der Waals surface area contributed by atoms with Gasteiger partial charge in [-0.3, -0.25) is 0 Å². The van der Waals surface area contributed by atoms with E-state index < -0.39 is 15.8 Å². The number of rotatable bonds is 5. The van der Waals surface area contributed by atoms with Crippen LogP contribution in [0.4, 0.5) is 10.5 Å². The van der Waals surface area contributed by atoms with Crippen LogP contribution in [0.15, 0.2) is 53.4 Å². The summed E-state index contributed by atoms with van der Waals surface area (Å²) in [7, 11) is 3.43. The number of aromatic nitrogens is 3. The van der Waals surface area contributed by atoms with Gasteiger partial charge < -0.3 is 0 Å². The monoisotopic (exact) mass is 439 g/mol. The Hall–Kier alpha value is -2.63. The molecule has 4 aromatic rings. The van der Waals surface area contributed by atoms with E-state index in [1.165, 1.54) is 11.3 Å². The number of hydrogen-bond donors (Lipinski definition) is 1. The van der Waals surface area contributed by atoms with E-state index in [2.05, 4.69) is 15.0 Å². The quantitative estimate of drug-likeness (QED) is 0.485. The van der Waals surface area contributed by atoms with Crippen molar-refractivity contribution < 1.29 is 9.53 Å². The number of nitrogens with zero attached hydrogens (tertiary/aromatic N) is 3. The van der Waals surface area contributed by atoms with Crippen molar-refractivity contribution in [1.29, 1.82) is 0 Å². The number of carbonyl (C=O) groups is 1. The van der Waals surface area contributed by atoms with Crippen molar-refractivity contribution in [2.75, 3.05) is 19.1 Å². The van der Waals surface area contributed by atoms with Gasteiger partial charge in [-0.1, -0.05) is 0 Å². The van der Waals surface area contributed by atoms with Gasteiger partial charge in [0.25, 0.3) is 0 Å². The third kappa shape index (κ3) is 3.75. The second-order valence-corrected chi connectivity index (χ2v) is 8.89. The first-order valence-electron chi connectivity index (χ1n) is 8.16. The number of ether oxygens (including phenoxy) is 1. The molecule has 0 saturated heterocycles. The number of amides is 1. The number of thiazole rings is 1. The average molecular weight is 439 g/mol. The Kier molecular flexibility index (Phi) is 4.96. The van der Waals surface area contributed by atoms with Gasteiger partial charge in [-0.05, 0) is 0 Å². The van der Waals surface area contributed by atoms with Crippen LogP contribution in [0.1, 0.15) is 0 Å². The van der Waals surface area contributed by atoms with E-state index >= 15 is 0 Å². The van der Waals surface area contributed by atoms with Crippen LogP contribution in [0.2, 0.25) is 0 Å². The molecular formula is C19H16AsN4O2S. The van der Waals surface area contributed by atoms with Crippen LogP contribution >= 0.6 is 11.3 Å². The second kappa shape index (κ2) is 7.54.